The van der Waals surface area contributed by atoms with Gasteiger partial charge in [-0.25, -0.2) is 31.5 Å². The second-order valence-corrected chi connectivity index (χ2v) is 10.8. The molecule has 3 rings (SSSR count). The number of aliphatic hydroxyl groups excluding tert-OH is 1. The van der Waals surface area contributed by atoms with Crippen molar-refractivity contribution in [3.05, 3.63) is 11.6 Å². The standard InChI is InChI=1S/C16H26FN9O5S2/c17-11-7-26(2-1-8(11)5-18)14-9(3-10(27)6-19)4-12(32(20,28)29)15(33(21,30)31)13(14)16-22-24-25-23-16/h4,8,10-11,27H,1-3,5-7,18-19H2,(H2,20,28,29)(H2,21,30,31)(H,22,23,24,25). The Hall–Kier alpha value is -2.28. The summed E-state index contributed by atoms with van der Waals surface area (Å²) in [4.78, 5) is -0.159. The van der Waals surface area contributed by atoms with Crippen LogP contribution in [0.2, 0.25) is 0 Å². The van der Waals surface area contributed by atoms with Gasteiger partial charge in [0.2, 0.25) is 25.9 Å². The number of H-pyrrole nitrogens is 1. The molecule has 184 valence electrons. The number of hydrogen-bond donors (Lipinski definition) is 6. The maximum atomic E-state index is 14.8. The lowest BCUT2D eigenvalue weighted by molar-refractivity contribution is 0.183. The van der Waals surface area contributed by atoms with Gasteiger partial charge in [-0.1, -0.05) is 0 Å². The third-order valence-electron chi connectivity index (χ3n) is 5.48. The van der Waals surface area contributed by atoms with Crippen LogP contribution in [0.4, 0.5) is 10.1 Å². The van der Waals surface area contributed by atoms with Crippen molar-refractivity contribution < 1.29 is 26.3 Å². The summed E-state index contributed by atoms with van der Waals surface area (Å²) in [5.74, 6) is -0.714. The van der Waals surface area contributed by atoms with Crippen molar-refractivity contribution in [2.75, 3.05) is 31.1 Å². The average Bonchev–Trinajstić information content (AvgIpc) is 3.25. The van der Waals surface area contributed by atoms with E-state index >= 15 is 0 Å². The molecule has 1 aliphatic heterocycles. The van der Waals surface area contributed by atoms with E-state index < -0.39 is 48.0 Å². The molecule has 3 atom stereocenters. The van der Waals surface area contributed by atoms with Gasteiger partial charge in [-0.05, 0) is 29.8 Å². The van der Waals surface area contributed by atoms with E-state index in [-0.39, 0.29) is 55.2 Å². The summed E-state index contributed by atoms with van der Waals surface area (Å²) >= 11 is 0. The van der Waals surface area contributed by atoms with Crippen LogP contribution in [0.1, 0.15) is 12.0 Å². The Bertz CT molecular complexity index is 1210. The number of sulfonamides is 2. The van der Waals surface area contributed by atoms with Gasteiger partial charge in [0, 0.05) is 32.0 Å². The van der Waals surface area contributed by atoms with E-state index in [0.717, 1.165) is 6.07 Å². The first kappa shape index (κ1) is 25.3. The summed E-state index contributed by atoms with van der Waals surface area (Å²) in [6, 6.07) is 0.995. The number of aromatic amines is 1. The first-order valence-corrected chi connectivity index (χ1v) is 12.9. The van der Waals surface area contributed by atoms with E-state index in [1.165, 1.54) is 4.90 Å². The van der Waals surface area contributed by atoms with E-state index in [1.807, 2.05) is 0 Å². The fourth-order valence-electron chi connectivity index (χ4n) is 3.93. The number of hydrogen-bond acceptors (Lipinski definition) is 11. The summed E-state index contributed by atoms with van der Waals surface area (Å²) in [5.41, 5.74) is 11.1. The molecular formula is C16H26FN9O5S2. The number of alkyl halides is 1. The zero-order valence-electron chi connectivity index (χ0n) is 17.4. The van der Waals surface area contributed by atoms with Crippen LogP contribution in [0.5, 0.6) is 0 Å². The van der Waals surface area contributed by atoms with Crippen LogP contribution >= 0.6 is 0 Å². The van der Waals surface area contributed by atoms with Crippen LogP contribution in [0, 0.1) is 5.92 Å². The lowest BCUT2D eigenvalue weighted by atomic mass is 9.92. The molecule has 10 N–H and O–H groups in total. The van der Waals surface area contributed by atoms with Gasteiger partial charge in [-0.2, -0.15) is 5.21 Å². The molecule has 1 aromatic carbocycles. The molecule has 1 aromatic heterocycles. The van der Waals surface area contributed by atoms with Gasteiger partial charge in [0.15, 0.2) is 0 Å². The van der Waals surface area contributed by atoms with E-state index in [2.05, 4.69) is 20.6 Å². The predicted octanol–water partition coefficient (Wildman–Crippen LogP) is -2.85. The van der Waals surface area contributed by atoms with E-state index in [0.29, 0.717) is 6.42 Å². The molecule has 0 aliphatic carbocycles. The summed E-state index contributed by atoms with van der Waals surface area (Å²) in [7, 11) is -9.36. The molecule has 0 radical (unpaired) electrons. The van der Waals surface area contributed by atoms with Crippen LogP contribution in [-0.4, -0.2) is 81.0 Å². The third kappa shape index (κ3) is 5.29. The smallest absolute Gasteiger partial charge is 0.240 e. The highest BCUT2D eigenvalue weighted by atomic mass is 32.2. The normalized spacial score (nSPS) is 20.7. The van der Waals surface area contributed by atoms with Crippen molar-refractivity contribution in [1.82, 2.24) is 20.6 Å². The number of nitrogens with one attached hydrogen (secondary N) is 1. The van der Waals surface area contributed by atoms with Gasteiger partial charge in [0.05, 0.1) is 17.4 Å². The molecule has 17 heteroatoms. The Morgan fingerprint density at radius 3 is 2.42 bits per heavy atom. The van der Waals surface area contributed by atoms with Crippen LogP contribution in [0.25, 0.3) is 11.4 Å². The lowest BCUT2D eigenvalue weighted by Gasteiger charge is -2.38. The minimum atomic E-state index is -4.72. The van der Waals surface area contributed by atoms with Crippen molar-refractivity contribution in [2.24, 2.45) is 27.7 Å². The van der Waals surface area contributed by atoms with Gasteiger partial charge in [0.1, 0.15) is 16.0 Å². The number of tetrazole rings is 1. The highest BCUT2D eigenvalue weighted by Crippen LogP contribution is 2.42. The Morgan fingerprint density at radius 1 is 1.24 bits per heavy atom. The average molecular weight is 508 g/mol. The number of piperidine rings is 1. The molecular weight excluding hydrogens is 481 g/mol. The highest BCUT2D eigenvalue weighted by Gasteiger charge is 2.37. The van der Waals surface area contributed by atoms with E-state index in [1.54, 1.807) is 0 Å². The number of aromatic nitrogens is 4. The van der Waals surface area contributed by atoms with Gasteiger partial charge in [-0.3, -0.25) is 0 Å². The van der Waals surface area contributed by atoms with Gasteiger partial charge in [-0.15, -0.1) is 10.2 Å². The Kier molecular flexibility index (Phi) is 7.32. The maximum Gasteiger partial charge on any atom is 0.240 e. The van der Waals surface area contributed by atoms with E-state index in [4.69, 9.17) is 21.7 Å². The van der Waals surface area contributed by atoms with Crippen molar-refractivity contribution >= 4 is 25.7 Å². The molecule has 1 fully saturated rings. The van der Waals surface area contributed by atoms with Crippen LogP contribution < -0.4 is 26.6 Å². The zero-order valence-corrected chi connectivity index (χ0v) is 19.1. The van der Waals surface area contributed by atoms with Gasteiger partial charge >= 0.3 is 0 Å². The molecule has 0 saturated carbocycles. The summed E-state index contributed by atoms with van der Waals surface area (Å²) in [5, 5.41) is 34.1. The third-order valence-corrected chi connectivity index (χ3v) is 7.54. The molecule has 1 aliphatic rings. The largest absolute Gasteiger partial charge is 0.391 e. The van der Waals surface area contributed by atoms with Crippen molar-refractivity contribution in [1.29, 1.82) is 0 Å². The molecule has 14 nitrogen and oxygen atoms in total. The Labute approximate surface area is 189 Å². The highest BCUT2D eigenvalue weighted by molar-refractivity contribution is 7.92. The number of anilines is 1. The number of nitrogens with zero attached hydrogens (tertiary/aromatic N) is 4. The van der Waals surface area contributed by atoms with Gasteiger partial charge in [0.25, 0.3) is 0 Å². The number of halogens is 1. The van der Waals surface area contributed by atoms with Crippen LogP contribution in [0.3, 0.4) is 0 Å². The monoisotopic (exact) mass is 507 g/mol. The SMILES string of the molecule is NCC(O)Cc1cc(S(N)(=O)=O)c(S(N)(=O)=O)c(-c2nn[nH]n2)c1N1CCC(CN)C(F)C1. The minimum Gasteiger partial charge on any atom is -0.391 e. The van der Waals surface area contributed by atoms with Crippen LogP contribution in [0.15, 0.2) is 15.9 Å². The van der Waals surface area contributed by atoms with Crippen molar-refractivity contribution in [2.45, 2.75) is 34.9 Å². The topological polar surface area (TPSA) is 250 Å². The lowest BCUT2D eigenvalue weighted by Crippen LogP contribution is -2.45. The summed E-state index contributed by atoms with van der Waals surface area (Å²) in [6.07, 6.45) is -2.34. The Balaban J connectivity index is 2.42. The zero-order chi connectivity index (χ0) is 24.6. The predicted molar refractivity (Wildman–Crippen MR) is 115 cm³/mol. The molecule has 0 amide bonds. The number of aliphatic hydroxyl groups is 1. The molecule has 0 spiro atoms. The first-order valence-electron chi connectivity index (χ1n) is 9.85. The number of nitrogens with two attached hydrogens (primary N) is 4. The molecule has 3 unspecified atom stereocenters. The molecule has 2 heterocycles. The van der Waals surface area contributed by atoms with E-state index in [9.17, 15) is 26.3 Å². The second-order valence-electron chi connectivity index (χ2n) is 7.75. The minimum absolute atomic E-state index is 0.0819. The molecule has 1 saturated heterocycles. The fourth-order valence-corrected chi connectivity index (χ4v) is 6.10. The first-order chi connectivity index (χ1) is 15.4. The molecule has 0 bridgehead atoms. The number of primary sulfonamides is 2. The van der Waals surface area contributed by atoms with Crippen molar-refractivity contribution in [3.8, 4) is 11.4 Å². The number of benzene rings is 1. The quantitative estimate of drug-likeness (QED) is 0.212. The van der Waals surface area contributed by atoms with Crippen molar-refractivity contribution in [3.63, 3.8) is 0 Å². The number of rotatable bonds is 8. The Morgan fingerprint density at radius 2 is 1.94 bits per heavy atom. The molecule has 2 aromatic rings. The molecule has 33 heavy (non-hydrogen) atoms. The maximum absolute atomic E-state index is 14.8. The second kappa shape index (κ2) is 9.53. The summed E-state index contributed by atoms with van der Waals surface area (Å²) in [6.45, 7) is 0.00665. The summed E-state index contributed by atoms with van der Waals surface area (Å²) < 4.78 is 64.8. The fraction of sp³-hybridized carbons (Fsp3) is 0.562. The van der Waals surface area contributed by atoms with Gasteiger partial charge < -0.3 is 21.5 Å². The van der Waals surface area contributed by atoms with Crippen LogP contribution in [-0.2, 0) is 26.5 Å².